The Morgan fingerprint density at radius 3 is 1.00 bits per heavy atom. The van der Waals surface area contributed by atoms with E-state index in [-0.39, 0.29) is 63.6 Å². The molecule has 0 amide bonds. The molecule has 34 valence electrons. The van der Waals surface area contributed by atoms with Gasteiger partial charge in [-0.05, 0) is 0 Å². The van der Waals surface area contributed by atoms with Gasteiger partial charge in [0.15, 0.2) is 0 Å². The summed E-state index contributed by atoms with van der Waals surface area (Å²) in [4.78, 5) is 0. The van der Waals surface area contributed by atoms with Gasteiger partial charge < -0.3 is 0 Å². The van der Waals surface area contributed by atoms with Crippen LogP contribution in [0.15, 0.2) is 0 Å². The van der Waals surface area contributed by atoms with Gasteiger partial charge in [-0.2, -0.15) is 9.90 Å². The average Bonchev–Trinajstić information content (AvgIpc) is 0. The van der Waals surface area contributed by atoms with Crippen LogP contribution in [0.4, 0.5) is 0 Å². The van der Waals surface area contributed by atoms with Crippen LogP contribution in [0.1, 0.15) is 0 Å². The Labute approximate surface area is 63.3 Å². The Balaban J connectivity index is 0. The third-order valence-corrected chi connectivity index (χ3v) is 0. The second-order valence-corrected chi connectivity index (χ2v) is 0. The fourth-order valence-corrected chi connectivity index (χ4v) is 0. The van der Waals surface area contributed by atoms with Crippen LogP contribution in [0.25, 0.3) is 0 Å². The maximum atomic E-state index is 0. The number of rotatable bonds is 0. The third-order valence-electron chi connectivity index (χ3n) is 0. The van der Waals surface area contributed by atoms with Crippen molar-refractivity contribution >= 4 is 9.90 Å². The van der Waals surface area contributed by atoms with Gasteiger partial charge in [0, 0.05) is 53.7 Å². The molecule has 2 radical (unpaired) electrons. The van der Waals surface area contributed by atoms with Crippen LogP contribution in [-0.2, 0) is 53.7 Å². The van der Waals surface area contributed by atoms with Crippen LogP contribution < -0.4 is 0 Å². The summed E-state index contributed by atoms with van der Waals surface area (Å²) in [5, 5.41) is 0. The molecule has 0 aromatic heterocycles. The smallest absolute Gasteiger partial charge is 0 e. The van der Waals surface area contributed by atoms with Crippen molar-refractivity contribution in [1.82, 2.24) is 0 Å². The van der Waals surface area contributed by atoms with Crippen molar-refractivity contribution in [2.45, 2.75) is 0 Å². The molecule has 0 rings (SSSR count). The van der Waals surface area contributed by atoms with Gasteiger partial charge in [0.05, 0.1) is 0 Å². The van der Waals surface area contributed by atoms with Crippen LogP contribution in [-0.4, -0.2) is 0 Å². The Morgan fingerprint density at radius 2 is 1.00 bits per heavy atom. The zero-order valence-corrected chi connectivity index (χ0v) is 7.89. The maximum absolute atomic E-state index is 0. The molecule has 4 heteroatoms. The minimum atomic E-state index is 0. The van der Waals surface area contributed by atoms with Crippen LogP contribution in [0.5, 0.6) is 0 Å². The van der Waals surface area contributed by atoms with Crippen molar-refractivity contribution in [3.8, 4) is 0 Å². The predicted octanol–water partition coefficient (Wildman–Crippen LogP) is 0.0506. The van der Waals surface area contributed by atoms with E-state index in [0.29, 0.717) is 0 Å². The van der Waals surface area contributed by atoms with Gasteiger partial charge in [-0.25, -0.2) is 0 Å². The first-order valence-corrected chi connectivity index (χ1v) is 0. The fourth-order valence-electron chi connectivity index (χ4n) is 0. The summed E-state index contributed by atoms with van der Waals surface area (Å²) in [6.07, 6.45) is 0. The molecular formula is H3CoNiPRe. The molecule has 0 aliphatic carbocycles. The van der Waals surface area contributed by atoms with Gasteiger partial charge in [-0.15, -0.1) is 0 Å². The second kappa shape index (κ2) is 19.5. The largest absolute Gasteiger partial charge is 0.153 e. The Kier molecular flexibility index (Phi) is 176. The summed E-state index contributed by atoms with van der Waals surface area (Å²) in [5.41, 5.74) is 0. The molecule has 4 heavy (non-hydrogen) atoms. The van der Waals surface area contributed by atoms with E-state index in [1.54, 1.807) is 0 Å². The van der Waals surface area contributed by atoms with Crippen molar-refractivity contribution in [2.24, 2.45) is 0 Å². The summed E-state index contributed by atoms with van der Waals surface area (Å²) < 4.78 is 0. The quantitative estimate of drug-likeness (QED) is 0.433. The number of hydrogen-bond acceptors (Lipinski definition) is 0. The van der Waals surface area contributed by atoms with Crippen LogP contribution in [0.2, 0.25) is 0 Å². The molecule has 0 saturated heterocycles. The minimum Gasteiger partial charge on any atom is -0.153 e. The molecule has 0 fully saturated rings. The van der Waals surface area contributed by atoms with Gasteiger partial charge in [-0.3, -0.25) is 0 Å². The first-order chi connectivity index (χ1) is 0. The van der Waals surface area contributed by atoms with E-state index in [4.69, 9.17) is 0 Å². The van der Waals surface area contributed by atoms with Crippen LogP contribution in [0, 0.1) is 0 Å². The molecule has 0 aromatic rings. The molecule has 1 unspecified atom stereocenters. The summed E-state index contributed by atoms with van der Waals surface area (Å²) in [7, 11) is 0. The Morgan fingerprint density at radius 1 is 1.00 bits per heavy atom. The molecule has 0 heterocycles. The van der Waals surface area contributed by atoms with Crippen LogP contribution >= 0.6 is 9.90 Å². The SMILES string of the molecule is P.[Co].[Ni].[Re]. The Hall–Kier alpha value is 2.09. The molecule has 0 aromatic carbocycles. The molecule has 0 aliphatic rings. The molecule has 1 atom stereocenters. The fraction of sp³-hybridized carbons (Fsp3) is 0. The number of hydrogen-bond donors (Lipinski definition) is 0. The molecule has 0 nitrogen and oxygen atoms in total. The van der Waals surface area contributed by atoms with E-state index in [0.717, 1.165) is 0 Å². The van der Waals surface area contributed by atoms with Crippen molar-refractivity contribution in [3.63, 3.8) is 0 Å². The average molecular weight is 338 g/mol. The topological polar surface area (TPSA) is 0 Å². The third kappa shape index (κ3) is 8.94. The first-order valence-electron chi connectivity index (χ1n) is 0. The van der Waals surface area contributed by atoms with E-state index in [2.05, 4.69) is 0 Å². The normalized spacial score (nSPS) is 0. The van der Waals surface area contributed by atoms with Crippen molar-refractivity contribution in [3.05, 3.63) is 0 Å². The molecular weight excluding hydrogens is 335 g/mol. The van der Waals surface area contributed by atoms with Gasteiger partial charge in [-0.1, -0.05) is 0 Å². The maximum Gasteiger partial charge on any atom is 0 e. The van der Waals surface area contributed by atoms with E-state index >= 15 is 0 Å². The molecule has 0 N–H and O–H groups in total. The van der Waals surface area contributed by atoms with Crippen molar-refractivity contribution in [1.29, 1.82) is 0 Å². The van der Waals surface area contributed by atoms with Gasteiger partial charge in [0.25, 0.3) is 0 Å². The Bertz CT molecular complexity index is 8.00. The van der Waals surface area contributed by atoms with Gasteiger partial charge in [0.1, 0.15) is 0 Å². The summed E-state index contributed by atoms with van der Waals surface area (Å²) in [6.45, 7) is 0. The van der Waals surface area contributed by atoms with Crippen LogP contribution in [0.3, 0.4) is 0 Å². The first kappa shape index (κ1) is 36.1. The van der Waals surface area contributed by atoms with Crippen molar-refractivity contribution in [2.75, 3.05) is 0 Å². The zero-order chi connectivity index (χ0) is 0. The van der Waals surface area contributed by atoms with E-state index in [1.807, 2.05) is 0 Å². The van der Waals surface area contributed by atoms with E-state index < -0.39 is 0 Å². The second-order valence-electron chi connectivity index (χ2n) is 0. The molecule has 0 spiro atoms. The zero-order valence-electron chi connectivity index (χ0n) is 1.73. The van der Waals surface area contributed by atoms with Gasteiger partial charge in [0.2, 0.25) is 0 Å². The summed E-state index contributed by atoms with van der Waals surface area (Å²) in [6, 6.07) is 0. The molecule has 0 aliphatic heterocycles. The molecule has 0 bridgehead atoms. The van der Waals surface area contributed by atoms with Gasteiger partial charge >= 0.3 is 0 Å². The van der Waals surface area contributed by atoms with E-state index in [1.165, 1.54) is 0 Å². The summed E-state index contributed by atoms with van der Waals surface area (Å²) in [5.74, 6) is 0. The minimum absolute atomic E-state index is 0. The predicted molar refractivity (Wildman–Crippen MR) is 11.1 cm³/mol. The standard InChI is InChI=1S/Co.Ni.H3P.Re/h;;1H3;. The molecule has 0 saturated carbocycles. The summed E-state index contributed by atoms with van der Waals surface area (Å²) >= 11 is 0. The van der Waals surface area contributed by atoms with E-state index in [9.17, 15) is 0 Å². The van der Waals surface area contributed by atoms with Crippen molar-refractivity contribution < 1.29 is 53.7 Å². The monoisotopic (exact) mass is 338 g/mol.